The molecule has 0 spiro atoms. The van der Waals surface area contributed by atoms with E-state index in [2.05, 4.69) is 39.8 Å². The van der Waals surface area contributed by atoms with Crippen molar-refractivity contribution < 1.29 is 19.2 Å². The van der Waals surface area contributed by atoms with Gasteiger partial charge in [0.15, 0.2) is 0 Å². The largest absolute Gasteiger partial charge is 0.300 e. The lowest BCUT2D eigenvalue weighted by molar-refractivity contribution is -0.130. The van der Waals surface area contributed by atoms with Crippen LogP contribution in [0.25, 0.3) is 0 Å². The van der Waals surface area contributed by atoms with E-state index in [1.807, 2.05) is 13.8 Å². The fraction of sp³-hybridized carbons (Fsp3) is 0.742. The monoisotopic (exact) mass is 486 g/mol. The lowest BCUT2D eigenvalue weighted by atomic mass is 9.75. The van der Waals surface area contributed by atoms with E-state index in [1.165, 1.54) is 6.92 Å². The van der Waals surface area contributed by atoms with Crippen LogP contribution < -0.4 is 0 Å². The number of ketones is 4. The summed E-state index contributed by atoms with van der Waals surface area (Å²) in [6, 6.07) is 0. The van der Waals surface area contributed by atoms with Gasteiger partial charge in [-0.3, -0.25) is 19.2 Å². The number of Topliss-reactive ketones (excluding diaryl/α,β-unsaturated/α-hetero) is 4. The molecule has 4 heteroatoms. The number of allylic oxidation sites excluding steroid dienone is 4. The fourth-order valence-corrected chi connectivity index (χ4v) is 5.31. The maximum absolute atomic E-state index is 13.0. The second-order valence-electron chi connectivity index (χ2n) is 12.0. The average Bonchev–Trinajstić information content (AvgIpc) is 2.73. The fourth-order valence-electron chi connectivity index (χ4n) is 5.31. The van der Waals surface area contributed by atoms with Crippen molar-refractivity contribution in [2.24, 2.45) is 23.2 Å². The van der Waals surface area contributed by atoms with Gasteiger partial charge >= 0.3 is 0 Å². The Morgan fingerprint density at radius 1 is 1.14 bits per heavy atom. The third-order valence-electron chi connectivity index (χ3n) is 7.27. The highest BCUT2D eigenvalue weighted by Gasteiger charge is 2.29. The number of rotatable bonds is 13. The molecule has 0 aromatic rings. The highest BCUT2D eigenvalue weighted by Crippen LogP contribution is 2.34. The predicted molar refractivity (Wildman–Crippen MR) is 144 cm³/mol. The predicted octanol–water partition coefficient (Wildman–Crippen LogP) is 7.78. The van der Waals surface area contributed by atoms with Gasteiger partial charge in [0.1, 0.15) is 23.1 Å². The summed E-state index contributed by atoms with van der Waals surface area (Å²) < 4.78 is 0. The van der Waals surface area contributed by atoms with Crippen molar-refractivity contribution in [2.75, 3.05) is 0 Å². The zero-order chi connectivity index (χ0) is 26.6. The smallest absolute Gasteiger partial charge is 0.143 e. The van der Waals surface area contributed by atoms with Gasteiger partial charge in [-0.1, -0.05) is 65.2 Å². The van der Waals surface area contributed by atoms with E-state index in [-0.39, 0.29) is 52.7 Å². The van der Waals surface area contributed by atoms with Crippen LogP contribution in [-0.2, 0) is 19.2 Å². The maximum Gasteiger partial charge on any atom is 0.143 e. The van der Waals surface area contributed by atoms with E-state index >= 15 is 0 Å². The molecule has 198 valence electrons. The van der Waals surface area contributed by atoms with Crippen LogP contribution in [0.3, 0.4) is 0 Å². The molecule has 0 amide bonds. The lowest BCUT2D eigenvalue weighted by Crippen LogP contribution is -2.27. The molecule has 3 unspecified atom stereocenters. The highest BCUT2D eigenvalue weighted by molar-refractivity contribution is 5.99. The Morgan fingerprint density at radius 3 is 2.40 bits per heavy atom. The van der Waals surface area contributed by atoms with E-state index in [9.17, 15) is 19.2 Å². The summed E-state index contributed by atoms with van der Waals surface area (Å²) in [5, 5.41) is 0. The molecular formula is C31H50O4. The maximum atomic E-state index is 13.0. The summed E-state index contributed by atoms with van der Waals surface area (Å²) in [6.07, 6.45) is 12.3. The van der Waals surface area contributed by atoms with Crippen LogP contribution in [-0.4, -0.2) is 23.1 Å². The van der Waals surface area contributed by atoms with E-state index in [4.69, 9.17) is 0 Å². The summed E-state index contributed by atoms with van der Waals surface area (Å²) in [7, 11) is 0. The van der Waals surface area contributed by atoms with Crippen LogP contribution >= 0.6 is 0 Å². The Bertz CT molecular complexity index is 793. The van der Waals surface area contributed by atoms with E-state index in [0.29, 0.717) is 25.7 Å². The van der Waals surface area contributed by atoms with Gasteiger partial charge in [0.25, 0.3) is 0 Å². The molecule has 0 aromatic carbocycles. The van der Waals surface area contributed by atoms with Crippen LogP contribution in [0.15, 0.2) is 23.3 Å². The molecule has 3 atom stereocenters. The molecule has 4 nitrogen and oxygen atoms in total. The summed E-state index contributed by atoms with van der Waals surface area (Å²) in [5.41, 5.74) is 2.14. The Morgan fingerprint density at radius 2 is 1.83 bits per heavy atom. The highest BCUT2D eigenvalue weighted by atomic mass is 16.1. The minimum absolute atomic E-state index is 0.0201. The zero-order valence-corrected chi connectivity index (χ0v) is 23.5. The molecule has 0 fully saturated rings. The van der Waals surface area contributed by atoms with E-state index in [0.717, 1.165) is 56.1 Å². The van der Waals surface area contributed by atoms with Crippen molar-refractivity contribution in [3.63, 3.8) is 0 Å². The third-order valence-corrected chi connectivity index (χ3v) is 7.27. The van der Waals surface area contributed by atoms with Crippen LogP contribution in [0.1, 0.15) is 126 Å². The van der Waals surface area contributed by atoms with Gasteiger partial charge in [-0.15, -0.1) is 0 Å². The molecule has 0 aromatic heterocycles. The van der Waals surface area contributed by atoms with Crippen molar-refractivity contribution in [3.8, 4) is 0 Å². The number of hydrogen-bond acceptors (Lipinski definition) is 4. The molecule has 1 aliphatic carbocycles. The van der Waals surface area contributed by atoms with E-state index in [1.54, 1.807) is 0 Å². The standard InChI is InChI=1S/C31H50O4/c1-8-12-26(29(9-2)30(35)18-23(4)32)19-24-13-10-11-14-25(22(3)17-28(34)20-24)21-27(33)15-16-31(5,6)7/h11,14,24,26,29H,8-10,12-13,15-21H2,1-7H3/b14-11-,25-22+. The number of carbonyl (C=O) groups excluding carboxylic acids is 4. The molecule has 0 N–H and O–H groups in total. The van der Waals surface area contributed by atoms with Gasteiger partial charge < -0.3 is 0 Å². The van der Waals surface area contributed by atoms with Crippen molar-refractivity contribution in [3.05, 3.63) is 23.3 Å². The first-order valence-electron chi connectivity index (χ1n) is 13.8. The molecule has 0 bridgehead atoms. The van der Waals surface area contributed by atoms with Crippen molar-refractivity contribution in [2.45, 2.75) is 126 Å². The molecule has 0 heterocycles. The van der Waals surface area contributed by atoms with Gasteiger partial charge in [0.05, 0.1) is 6.42 Å². The summed E-state index contributed by atoms with van der Waals surface area (Å²) in [4.78, 5) is 49.9. The molecule has 0 aliphatic heterocycles. The van der Waals surface area contributed by atoms with Crippen molar-refractivity contribution in [1.29, 1.82) is 0 Å². The Hall–Kier alpha value is -1.84. The average molecular weight is 487 g/mol. The molecule has 0 saturated carbocycles. The topological polar surface area (TPSA) is 68.3 Å². The van der Waals surface area contributed by atoms with Gasteiger partial charge in [-0.05, 0) is 68.8 Å². The Kier molecular flexibility index (Phi) is 13.6. The van der Waals surface area contributed by atoms with Gasteiger partial charge in [-0.2, -0.15) is 0 Å². The lowest BCUT2D eigenvalue weighted by Gasteiger charge is -2.29. The first-order valence-corrected chi connectivity index (χ1v) is 13.8. The first kappa shape index (κ1) is 31.2. The molecule has 1 aliphatic rings. The van der Waals surface area contributed by atoms with Crippen molar-refractivity contribution in [1.82, 2.24) is 0 Å². The summed E-state index contributed by atoms with van der Waals surface area (Å²) in [6.45, 7) is 14.1. The SMILES string of the molecule is CCCC(CC1CC/C=C\C(CC(=O)CCC(C)(C)C)=C(\C)CC(=O)C1)C(CC)C(=O)CC(C)=O. The minimum atomic E-state index is -0.104. The molecule has 35 heavy (non-hydrogen) atoms. The van der Waals surface area contributed by atoms with Crippen molar-refractivity contribution >= 4 is 23.1 Å². The second-order valence-corrected chi connectivity index (χ2v) is 12.0. The Balaban J connectivity index is 2.90. The van der Waals surface area contributed by atoms with E-state index < -0.39 is 0 Å². The van der Waals surface area contributed by atoms with Gasteiger partial charge in [-0.25, -0.2) is 0 Å². The zero-order valence-electron chi connectivity index (χ0n) is 23.5. The minimum Gasteiger partial charge on any atom is -0.300 e. The second kappa shape index (κ2) is 15.3. The molecule has 0 saturated heterocycles. The van der Waals surface area contributed by atoms with Gasteiger partial charge in [0.2, 0.25) is 0 Å². The van der Waals surface area contributed by atoms with Crippen LogP contribution in [0.5, 0.6) is 0 Å². The van der Waals surface area contributed by atoms with Crippen LogP contribution in [0.2, 0.25) is 0 Å². The summed E-state index contributed by atoms with van der Waals surface area (Å²) in [5.74, 6) is 0.805. The Labute approximate surface area is 214 Å². The number of carbonyl (C=O) groups is 4. The van der Waals surface area contributed by atoms with Crippen LogP contribution in [0.4, 0.5) is 0 Å². The van der Waals surface area contributed by atoms with Gasteiger partial charge in [0, 0.05) is 31.6 Å². The molecule has 1 rings (SSSR count). The summed E-state index contributed by atoms with van der Waals surface area (Å²) >= 11 is 0. The first-order chi connectivity index (χ1) is 16.4. The molecular weight excluding hydrogens is 436 g/mol. The number of hydrogen-bond donors (Lipinski definition) is 0. The third kappa shape index (κ3) is 12.6. The van der Waals surface area contributed by atoms with Crippen LogP contribution in [0, 0.1) is 23.2 Å². The quantitative estimate of drug-likeness (QED) is 0.249. The normalized spacial score (nSPS) is 22.4. The molecule has 0 radical (unpaired) electrons.